The summed E-state index contributed by atoms with van der Waals surface area (Å²) in [6.07, 6.45) is 0. The Balaban J connectivity index is 0.000000528. The van der Waals surface area contributed by atoms with E-state index in [1.165, 1.54) is 0 Å². The van der Waals surface area contributed by atoms with Gasteiger partial charge >= 0.3 is 0 Å². The number of hydrogen-bond donors (Lipinski definition) is 0. The predicted octanol–water partition coefficient (Wildman–Crippen LogP) is 8.21. The molecule has 4 aliphatic carbocycles. The highest BCUT2D eigenvalue weighted by Gasteiger charge is 3.15. The van der Waals surface area contributed by atoms with Crippen molar-refractivity contribution in [3.63, 3.8) is 0 Å². The van der Waals surface area contributed by atoms with E-state index < -0.39 is 0 Å². The Hall–Kier alpha value is 0. The van der Waals surface area contributed by atoms with Crippen molar-refractivity contribution in [3.05, 3.63) is 0 Å². The van der Waals surface area contributed by atoms with Crippen molar-refractivity contribution in [1.82, 2.24) is 0 Å². The molecule has 0 aromatic carbocycles. The molecule has 0 amide bonds. The van der Waals surface area contributed by atoms with E-state index >= 15 is 0 Å². The van der Waals surface area contributed by atoms with Gasteiger partial charge in [-0.1, -0.05) is 111 Å². The fourth-order valence-corrected chi connectivity index (χ4v) is 11.6. The van der Waals surface area contributed by atoms with E-state index in [-0.39, 0.29) is 0 Å². The molecule has 0 saturated heterocycles. The zero-order chi connectivity index (χ0) is 20.5. The average molecular weight is 349 g/mol. The van der Waals surface area contributed by atoms with Gasteiger partial charge in [0.2, 0.25) is 0 Å². The molecule has 0 radical (unpaired) electrons. The van der Waals surface area contributed by atoms with E-state index in [1.807, 2.05) is 27.7 Å². The van der Waals surface area contributed by atoms with E-state index in [0.717, 1.165) is 0 Å². The molecule has 0 nitrogen and oxygen atoms in total. The van der Waals surface area contributed by atoms with Crippen LogP contribution in [0.4, 0.5) is 0 Å². The van der Waals surface area contributed by atoms with Crippen molar-refractivity contribution in [2.75, 3.05) is 0 Å². The van der Waals surface area contributed by atoms with E-state index in [9.17, 15) is 0 Å². The largest absolute Gasteiger partial charge is 0.0683 e. The minimum Gasteiger partial charge on any atom is -0.0683 e. The van der Waals surface area contributed by atoms with Gasteiger partial charge in [-0.15, -0.1) is 0 Å². The highest BCUT2D eigenvalue weighted by Crippen LogP contribution is 3.19. The molecule has 0 heteroatoms. The molecule has 0 aromatic heterocycles. The molecule has 0 N–H and O–H groups in total. The van der Waals surface area contributed by atoms with Crippen LogP contribution in [-0.2, 0) is 0 Å². The Morgan fingerprint density at radius 1 is 0.280 bits per heavy atom. The molecule has 0 unspecified atom stereocenters. The van der Waals surface area contributed by atoms with E-state index in [4.69, 9.17) is 0 Å². The van der Waals surface area contributed by atoms with Crippen molar-refractivity contribution in [3.8, 4) is 0 Å². The van der Waals surface area contributed by atoms with E-state index in [2.05, 4.69) is 83.1 Å². The second-order valence-corrected chi connectivity index (χ2v) is 11.8. The lowest BCUT2D eigenvalue weighted by Gasteiger charge is -3.18. The van der Waals surface area contributed by atoms with Crippen LogP contribution in [-0.4, -0.2) is 0 Å². The highest BCUT2D eigenvalue weighted by atomic mass is 15.2. The molecule has 1 spiro atoms. The van der Waals surface area contributed by atoms with E-state index in [0.29, 0.717) is 48.7 Å². The Kier molecular flexibility index (Phi) is 3.71. The van der Waals surface area contributed by atoms with Crippen molar-refractivity contribution in [2.24, 2.45) is 48.7 Å². The van der Waals surface area contributed by atoms with Crippen LogP contribution in [0.1, 0.15) is 111 Å². The highest BCUT2D eigenvalue weighted by molar-refractivity contribution is 5.61. The van der Waals surface area contributed by atoms with Gasteiger partial charge in [-0.2, -0.15) is 0 Å². The summed E-state index contributed by atoms with van der Waals surface area (Å²) in [4.78, 5) is 0. The lowest BCUT2D eigenvalue weighted by Crippen LogP contribution is -3.15. The molecule has 25 heavy (non-hydrogen) atoms. The van der Waals surface area contributed by atoms with Crippen LogP contribution in [0.5, 0.6) is 0 Å². The first-order valence-corrected chi connectivity index (χ1v) is 11.0. The molecule has 0 bridgehead atoms. The number of hydrogen-bond acceptors (Lipinski definition) is 0. The number of rotatable bonds is 0. The summed E-state index contributed by atoms with van der Waals surface area (Å²) in [5.41, 5.74) is 4.09. The first-order chi connectivity index (χ1) is 11.0. The maximum absolute atomic E-state index is 2.64. The SMILES string of the molecule is CC.CC.CC1(C)C2(C)C(C)(C)C3(C)C(C)(C)C4(C)C(C)(C)C1(C)C234. The summed E-state index contributed by atoms with van der Waals surface area (Å²) in [6.45, 7) is 39.2. The summed E-state index contributed by atoms with van der Waals surface area (Å²) in [6, 6.07) is 0. The molecule has 0 aromatic rings. The average Bonchev–Trinajstić information content (AvgIpc) is 2.55. The minimum atomic E-state index is 0.419. The maximum atomic E-state index is 2.64. The topological polar surface area (TPSA) is 0 Å². The first kappa shape index (κ1) is 21.3. The van der Waals surface area contributed by atoms with Crippen molar-refractivity contribution in [1.29, 1.82) is 0 Å². The lowest BCUT2D eigenvalue weighted by molar-refractivity contribution is -0.720. The maximum Gasteiger partial charge on any atom is -0.00397 e. The van der Waals surface area contributed by atoms with Crippen LogP contribution in [0.3, 0.4) is 0 Å². The molecule has 0 aliphatic heterocycles. The smallest absolute Gasteiger partial charge is 0.00397 e. The Labute approximate surface area is 159 Å². The third-order valence-corrected chi connectivity index (χ3v) is 13.0. The monoisotopic (exact) mass is 348 g/mol. The van der Waals surface area contributed by atoms with Crippen molar-refractivity contribution < 1.29 is 0 Å². The van der Waals surface area contributed by atoms with Gasteiger partial charge in [0.1, 0.15) is 0 Å². The van der Waals surface area contributed by atoms with Gasteiger partial charge in [-0.25, -0.2) is 0 Å². The lowest BCUT2D eigenvalue weighted by atomic mass is 8.85. The van der Waals surface area contributed by atoms with Gasteiger partial charge < -0.3 is 0 Å². The molecule has 0 atom stereocenters. The molecule has 4 rings (SSSR count). The summed E-state index contributed by atoms with van der Waals surface area (Å²) >= 11 is 0. The fourth-order valence-electron chi connectivity index (χ4n) is 11.6. The third-order valence-electron chi connectivity index (χ3n) is 13.0. The third kappa shape index (κ3) is 0.996. The molecule has 0 heterocycles. The Morgan fingerprint density at radius 2 is 0.400 bits per heavy atom. The summed E-state index contributed by atoms with van der Waals surface area (Å²) < 4.78 is 0. The molecule has 4 saturated carbocycles. The van der Waals surface area contributed by atoms with Gasteiger partial charge in [0.15, 0.2) is 0 Å². The molecule has 4 fully saturated rings. The van der Waals surface area contributed by atoms with Gasteiger partial charge in [-0.3, -0.25) is 0 Å². The van der Waals surface area contributed by atoms with Crippen LogP contribution in [0.2, 0.25) is 0 Å². The first-order valence-electron chi connectivity index (χ1n) is 11.0. The summed E-state index contributed by atoms with van der Waals surface area (Å²) in [5, 5.41) is 0. The standard InChI is InChI=1S/C21H36.2C2H6/c1-13(2)17(9)14(3,4)19(11)16(7,8)20(12)15(5,6)18(13,10)21(17,19)20;2*1-2/h1-12H3;2*1-2H3. The van der Waals surface area contributed by atoms with Crippen LogP contribution < -0.4 is 0 Å². The van der Waals surface area contributed by atoms with Crippen LogP contribution >= 0.6 is 0 Å². The second kappa shape index (κ2) is 4.35. The molecule has 4 aliphatic rings. The van der Waals surface area contributed by atoms with E-state index in [1.54, 1.807) is 0 Å². The van der Waals surface area contributed by atoms with Gasteiger partial charge in [0.25, 0.3) is 0 Å². The molecule has 148 valence electrons. The quantitative estimate of drug-likeness (QED) is 0.413. The fraction of sp³-hybridized carbons (Fsp3) is 1.00. The molecular weight excluding hydrogens is 300 g/mol. The van der Waals surface area contributed by atoms with Crippen LogP contribution in [0.25, 0.3) is 0 Å². The zero-order valence-electron chi connectivity index (χ0n) is 20.5. The second-order valence-electron chi connectivity index (χ2n) is 11.8. The minimum absolute atomic E-state index is 0.419. The van der Waals surface area contributed by atoms with Gasteiger partial charge in [-0.05, 0) is 48.7 Å². The van der Waals surface area contributed by atoms with Crippen LogP contribution in [0.15, 0.2) is 0 Å². The molecular formula is C25H48. The predicted molar refractivity (Wildman–Crippen MR) is 113 cm³/mol. The Morgan fingerprint density at radius 3 is 0.520 bits per heavy atom. The Bertz CT molecular complexity index is 462. The summed E-state index contributed by atoms with van der Waals surface area (Å²) in [7, 11) is 0. The van der Waals surface area contributed by atoms with Crippen LogP contribution in [0, 0.1) is 48.7 Å². The normalized spacial score (nSPS) is 55.7. The van der Waals surface area contributed by atoms with Gasteiger partial charge in [0.05, 0.1) is 0 Å². The zero-order valence-corrected chi connectivity index (χ0v) is 20.5. The van der Waals surface area contributed by atoms with Crippen molar-refractivity contribution >= 4 is 0 Å². The van der Waals surface area contributed by atoms with Gasteiger partial charge in [0, 0.05) is 0 Å². The summed E-state index contributed by atoms with van der Waals surface area (Å²) in [5.74, 6) is 0. The van der Waals surface area contributed by atoms with Crippen molar-refractivity contribution in [2.45, 2.75) is 111 Å².